The lowest BCUT2D eigenvalue weighted by Gasteiger charge is -2.47. The van der Waals surface area contributed by atoms with Crippen molar-refractivity contribution in [1.29, 1.82) is 0 Å². The summed E-state index contributed by atoms with van der Waals surface area (Å²) in [6, 6.07) is 2.01. The zero-order valence-electron chi connectivity index (χ0n) is 17.1. The Labute approximate surface area is 179 Å². The van der Waals surface area contributed by atoms with Crippen molar-refractivity contribution in [3.63, 3.8) is 0 Å². The van der Waals surface area contributed by atoms with E-state index in [9.17, 15) is 4.79 Å². The van der Waals surface area contributed by atoms with Gasteiger partial charge < -0.3 is 10.1 Å². The number of hydrogen-bond acceptors (Lipinski definition) is 6. The number of aromatic nitrogens is 5. The predicted octanol–water partition coefficient (Wildman–Crippen LogP) is 3.56. The van der Waals surface area contributed by atoms with E-state index in [1.165, 1.54) is 0 Å². The number of hydrogen-bond donors (Lipinski definition) is 1. The predicted molar refractivity (Wildman–Crippen MR) is 113 cm³/mol. The van der Waals surface area contributed by atoms with Gasteiger partial charge in [0.25, 0.3) is 0 Å². The smallest absolute Gasteiger partial charge is 0.311 e. The summed E-state index contributed by atoms with van der Waals surface area (Å²) in [6.07, 6.45) is 10.1. The van der Waals surface area contributed by atoms with Crippen LogP contribution in [0.5, 0.6) is 0 Å². The first-order valence-corrected chi connectivity index (χ1v) is 10.9. The summed E-state index contributed by atoms with van der Waals surface area (Å²) in [5.74, 6) is 1.17. The van der Waals surface area contributed by atoms with Crippen LogP contribution >= 0.6 is 11.6 Å². The molecule has 9 heteroatoms. The Morgan fingerprint density at radius 2 is 2.00 bits per heavy atom. The van der Waals surface area contributed by atoms with Crippen LogP contribution in [-0.4, -0.2) is 43.0 Å². The van der Waals surface area contributed by atoms with Gasteiger partial charge in [-0.25, -0.2) is 4.52 Å². The zero-order chi connectivity index (χ0) is 20.8. The Balaban J connectivity index is 1.52. The highest BCUT2D eigenvalue weighted by molar-refractivity contribution is 6.28. The average molecular weight is 429 g/mol. The number of halogens is 1. The van der Waals surface area contributed by atoms with Crippen LogP contribution in [0.25, 0.3) is 16.6 Å². The molecule has 0 radical (unpaired) electrons. The molecule has 3 aromatic heterocycles. The van der Waals surface area contributed by atoms with Gasteiger partial charge in [-0.3, -0.25) is 9.48 Å². The molecule has 3 aromatic rings. The van der Waals surface area contributed by atoms with Crippen molar-refractivity contribution >= 4 is 28.9 Å². The third kappa shape index (κ3) is 3.33. The van der Waals surface area contributed by atoms with Crippen molar-refractivity contribution < 1.29 is 9.53 Å². The molecule has 158 valence electrons. The molecule has 1 N–H and O–H groups in total. The summed E-state index contributed by atoms with van der Waals surface area (Å²) in [4.78, 5) is 17.3. The molecule has 0 saturated heterocycles. The minimum absolute atomic E-state index is 0.0111. The minimum Gasteiger partial charge on any atom is -0.466 e. The van der Waals surface area contributed by atoms with Crippen LogP contribution in [-0.2, 0) is 16.6 Å². The molecule has 0 amide bonds. The van der Waals surface area contributed by atoms with E-state index in [1.54, 1.807) is 9.20 Å². The summed E-state index contributed by atoms with van der Waals surface area (Å²) in [5.41, 5.74) is 2.79. The first-order valence-electron chi connectivity index (χ1n) is 10.5. The number of rotatable bonds is 5. The normalized spacial score (nSPS) is 25.6. The second-order valence-corrected chi connectivity index (χ2v) is 8.65. The molecule has 30 heavy (non-hydrogen) atoms. The van der Waals surface area contributed by atoms with E-state index >= 15 is 0 Å². The quantitative estimate of drug-likeness (QED) is 0.625. The lowest BCUT2D eigenvalue weighted by Crippen LogP contribution is -2.52. The second-order valence-electron chi connectivity index (χ2n) is 8.31. The number of fused-ring (bicyclic) bond motifs is 4. The van der Waals surface area contributed by atoms with Gasteiger partial charge in [-0.05, 0) is 62.1 Å². The maximum atomic E-state index is 12.8. The summed E-state index contributed by atoms with van der Waals surface area (Å²) in [6.45, 7) is 2.26. The summed E-state index contributed by atoms with van der Waals surface area (Å²) in [5, 5.41) is 12.3. The highest BCUT2D eigenvalue weighted by Crippen LogP contribution is 2.47. The Hall–Kier alpha value is -2.61. The number of carbonyl (C=O) groups is 1. The second kappa shape index (κ2) is 7.58. The Bertz CT molecular complexity index is 1080. The number of esters is 1. The molecule has 0 aliphatic heterocycles. The number of nitrogens with zero attached hydrogens (tertiary/aromatic N) is 5. The molecule has 6 rings (SSSR count). The third-order valence-corrected chi connectivity index (χ3v) is 6.72. The lowest BCUT2D eigenvalue weighted by atomic mass is 9.61. The van der Waals surface area contributed by atoms with Crippen LogP contribution in [0.2, 0.25) is 5.28 Å². The van der Waals surface area contributed by atoms with Crippen LogP contribution in [0.4, 0.5) is 5.82 Å². The van der Waals surface area contributed by atoms with Crippen LogP contribution < -0.4 is 5.32 Å². The highest BCUT2D eigenvalue weighted by atomic mass is 35.5. The zero-order valence-corrected chi connectivity index (χ0v) is 17.8. The molecule has 2 atom stereocenters. The molecule has 0 aromatic carbocycles. The SMILES string of the molecule is CCOC(=O)C1C2CCC(CC2)C1Nc1nc(Cl)nn2cc(-c3cnn(C)c3)cc12. The van der Waals surface area contributed by atoms with Crippen molar-refractivity contribution in [2.45, 2.75) is 38.6 Å². The van der Waals surface area contributed by atoms with Gasteiger partial charge in [0, 0.05) is 36.6 Å². The van der Waals surface area contributed by atoms with Crippen molar-refractivity contribution in [1.82, 2.24) is 24.4 Å². The maximum Gasteiger partial charge on any atom is 0.311 e. The van der Waals surface area contributed by atoms with E-state index in [2.05, 4.69) is 20.5 Å². The molecule has 3 fully saturated rings. The summed E-state index contributed by atoms with van der Waals surface area (Å²) < 4.78 is 8.92. The van der Waals surface area contributed by atoms with Gasteiger partial charge in [0.15, 0.2) is 5.82 Å². The third-order valence-electron chi connectivity index (χ3n) is 6.56. The van der Waals surface area contributed by atoms with E-state index in [-0.39, 0.29) is 23.2 Å². The minimum atomic E-state index is -0.154. The topological polar surface area (TPSA) is 86.3 Å². The van der Waals surface area contributed by atoms with E-state index in [4.69, 9.17) is 16.3 Å². The van der Waals surface area contributed by atoms with Gasteiger partial charge >= 0.3 is 5.97 Å². The molecule has 0 spiro atoms. The van der Waals surface area contributed by atoms with Crippen molar-refractivity contribution in [3.05, 3.63) is 29.9 Å². The number of ether oxygens (including phenoxy) is 1. The first-order chi connectivity index (χ1) is 14.5. The maximum absolute atomic E-state index is 12.8. The molecule has 3 heterocycles. The standard InChI is InChI=1S/C21H25ClN6O2/c1-3-30-20(29)17-12-4-6-13(7-5-12)18(17)24-19-16-8-14(15-9-23-27(2)10-15)11-28(16)26-21(22)25-19/h8-13,17-18H,3-7H2,1-2H3,(H,24,25,26). The molecule has 3 saturated carbocycles. The number of nitrogens with one attached hydrogen (secondary N) is 1. The molecular formula is C21H25ClN6O2. The van der Waals surface area contributed by atoms with Crippen LogP contribution in [0, 0.1) is 17.8 Å². The van der Waals surface area contributed by atoms with Crippen LogP contribution in [0.1, 0.15) is 32.6 Å². The molecular weight excluding hydrogens is 404 g/mol. The molecule has 3 aliphatic rings. The van der Waals surface area contributed by atoms with E-state index in [0.717, 1.165) is 42.3 Å². The number of carbonyl (C=O) groups excluding carboxylic acids is 1. The van der Waals surface area contributed by atoms with Crippen molar-refractivity contribution in [2.24, 2.45) is 24.8 Å². The van der Waals surface area contributed by atoms with E-state index in [1.807, 2.05) is 38.6 Å². The Morgan fingerprint density at radius 1 is 1.23 bits per heavy atom. The summed E-state index contributed by atoms with van der Waals surface area (Å²) >= 11 is 6.24. The number of aryl methyl sites for hydroxylation is 1. The Morgan fingerprint density at radius 3 is 2.70 bits per heavy atom. The van der Waals surface area contributed by atoms with E-state index < -0.39 is 0 Å². The van der Waals surface area contributed by atoms with Gasteiger partial charge in [0.1, 0.15) is 5.52 Å². The fourth-order valence-corrected chi connectivity index (χ4v) is 5.37. The average Bonchev–Trinajstić information content (AvgIpc) is 3.35. The number of anilines is 1. The fourth-order valence-electron chi connectivity index (χ4n) is 5.20. The van der Waals surface area contributed by atoms with Gasteiger partial charge in [-0.2, -0.15) is 10.1 Å². The van der Waals surface area contributed by atoms with Crippen LogP contribution in [0.15, 0.2) is 24.7 Å². The largest absolute Gasteiger partial charge is 0.466 e. The first kappa shape index (κ1) is 19.4. The van der Waals surface area contributed by atoms with Gasteiger partial charge in [0.05, 0.1) is 18.7 Å². The van der Waals surface area contributed by atoms with Crippen molar-refractivity contribution in [2.75, 3.05) is 11.9 Å². The highest BCUT2D eigenvalue weighted by Gasteiger charge is 2.48. The monoisotopic (exact) mass is 428 g/mol. The lowest BCUT2D eigenvalue weighted by molar-refractivity contribution is -0.154. The molecule has 2 bridgehead atoms. The van der Waals surface area contributed by atoms with Gasteiger partial charge in [0.2, 0.25) is 5.28 Å². The van der Waals surface area contributed by atoms with E-state index in [0.29, 0.717) is 24.3 Å². The van der Waals surface area contributed by atoms with Crippen LogP contribution in [0.3, 0.4) is 0 Å². The summed E-state index contributed by atoms with van der Waals surface area (Å²) in [7, 11) is 1.89. The Kier molecular flexibility index (Phi) is 4.89. The fraction of sp³-hybridized carbons (Fsp3) is 0.524. The molecule has 3 aliphatic carbocycles. The van der Waals surface area contributed by atoms with Crippen molar-refractivity contribution in [3.8, 4) is 11.1 Å². The molecule has 2 unspecified atom stereocenters. The van der Waals surface area contributed by atoms with Gasteiger partial charge in [-0.15, -0.1) is 5.10 Å². The van der Waals surface area contributed by atoms with Gasteiger partial charge in [-0.1, -0.05) is 0 Å². The molecule has 8 nitrogen and oxygen atoms in total.